The summed E-state index contributed by atoms with van der Waals surface area (Å²) in [5.41, 5.74) is 2.74. The van der Waals surface area contributed by atoms with Gasteiger partial charge in [-0.3, -0.25) is 4.79 Å². The predicted octanol–water partition coefficient (Wildman–Crippen LogP) is 4.17. The minimum absolute atomic E-state index is 0.149. The van der Waals surface area contributed by atoms with Crippen molar-refractivity contribution in [3.8, 4) is 11.8 Å². The van der Waals surface area contributed by atoms with E-state index in [-0.39, 0.29) is 5.78 Å². The maximum atomic E-state index is 12.6. The third-order valence-electron chi connectivity index (χ3n) is 3.57. The standard InChI is InChI=1S/C17H17NO2S/c1-10-5-6-13(8-15(10)20-4)14(9-18)17(19)16-7-11(2)12(3)21-16/h5-8,14H,1-4H3. The fraction of sp³-hybridized carbons (Fsp3) is 0.294. The summed E-state index contributed by atoms with van der Waals surface area (Å²) in [7, 11) is 1.58. The van der Waals surface area contributed by atoms with Gasteiger partial charge in [-0.15, -0.1) is 11.3 Å². The lowest BCUT2D eigenvalue weighted by Gasteiger charge is -2.11. The van der Waals surface area contributed by atoms with Gasteiger partial charge in [-0.25, -0.2) is 0 Å². The molecule has 2 aromatic rings. The van der Waals surface area contributed by atoms with Crippen LogP contribution >= 0.6 is 11.3 Å². The van der Waals surface area contributed by atoms with Crippen LogP contribution in [0.5, 0.6) is 5.75 Å². The number of benzene rings is 1. The minimum Gasteiger partial charge on any atom is -0.496 e. The Labute approximate surface area is 128 Å². The van der Waals surface area contributed by atoms with Gasteiger partial charge in [-0.1, -0.05) is 12.1 Å². The Hall–Kier alpha value is -2.12. The Morgan fingerprint density at radius 3 is 2.48 bits per heavy atom. The molecule has 2 rings (SSSR count). The van der Waals surface area contributed by atoms with Gasteiger partial charge in [0, 0.05) is 4.88 Å². The lowest BCUT2D eigenvalue weighted by molar-refractivity contribution is 0.0982. The highest BCUT2D eigenvalue weighted by Crippen LogP contribution is 2.30. The van der Waals surface area contributed by atoms with Crippen molar-refractivity contribution >= 4 is 17.1 Å². The van der Waals surface area contributed by atoms with Gasteiger partial charge in [0.15, 0.2) is 5.78 Å². The topological polar surface area (TPSA) is 50.1 Å². The fourth-order valence-corrected chi connectivity index (χ4v) is 3.14. The molecule has 0 amide bonds. The summed E-state index contributed by atoms with van der Waals surface area (Å²) in [5.74, 6) is -0.249. The molecule has 0 aliphatic heterocycles. The molecule has 1 aromatic heterocycles. The molecule has 0 aliphatic carbocycles. The fourth-order valence-electron chi connectivity index (χ4n) is 2.14. The molecule has 0 saturated heterocycles. The minimum atomic E-state index is -0.794. The molecule has 21 heavy (non-hydrogen) atoms. The van der Waals surface area contributed by atoms with Crippen LogP contribution in [0.2, 0.25) is 0 Å². The van der Waals surface area contributed by atoms with E-state index in [1.807, 2.05) is 39.0 Å². The van der Waals surface area contributed by atoms with Gasteiger partial charge in [0.2, 0.25) is 0 Å². The first kappa shape index (κ1) is 15.3. The molecule has 108 valence electrons. The van der Waals surface area contributed by atoms with Gasteiger partial charge in [0.1, 0.15) is 11.7 Å². The highest BCUT2D eigenvalue weighted by Gasteiger charge is 2.24. The normalized spacial score (nSPS) is 11.8. The Morgan fingerprint density at radius 2 is 1.95 bits per heavy atom. The number of hydrogen-bond donors (Lipinski definition) is 0. The first-order chi connectivity index (χ1) is 9.97. The Morgan fingerprint density at radius 1 is 1.24 bits per heavy atom. The molecule has 3 nitrogen and oxygen atoms in total. The molecular formula is C17H17NO2S. The van der Waals surface area contributed by atoms with Gasteiger partial charge in [-0.2, -0.15) is 5.26 Å². The van der Waals surface area contributed by atoms with E-state index < -0.39 is 5.92 Å². The van der Waals surface area contributed by atoms with Gasteiger partial charge >= 0.3 is 0 Å². The van der Waals surface area contributed by atoms with Crippen LogP contribution in [-0.2, 0) is 0 Å². The van der Waals surface area contributed by atoms with Crippen LogP contribution in [-0.4, -0.2) is 12.9 Å². The second-order valence-corrected chi connectivity index (χ2v) is 6.26. The summed E-state index contributed by atoms with van der Waals surface area (Å²) < 4.78 is 5.27. The molecule has 0 saturated carbocycles. The van der Waals surface area contributed by atoms with Crippen LogP contribution in [0, 0.1) is 32.1 Å². The number of ether oxygens (including phenoxy) is 1. The van der Waals surface area contributed by atoms with Crippen molar-refractivity contribution in [3.05, 3.63) is 50.7 Å². The Bertz CT molecular complexity index is 705. The van der Waals surface area contributed by atoms with Crippen molar-refractivity contribution in [3.63, 3.8) is 0 Å². The number of carbonyl (C=O) groups is 1. The second kappa shape index (κ2) is 6.11. The van der Waals surface area contributed by atoms with Crippen molar-refractivity contribution in [1.82, 2.24) is 0 Å². The highest BCUT2D eigenvalue weighted by molar-refractivity contribution is 7.14. The van der Waals surface area contributed by atoms with E-state index in [4.69, 9.17) is 4.74 Å². The van der Waals surface area contributed by atoms with Crippen LogP contribution in [0.1, 0.15) is 37.2 Å². The van der Waals surface area contributed by atoms with E-state index in [1.54, 1.807) is 13.2 Å². The molecule has 0 spiro atoms. The summed E-state index contributed by atoms with van der Waals surface area (Å²) in [6.07, 6.45) is 0. The zero-order chi connectivity index (χ0) is 15.6. The number of Topliss-reactive ketones (excluding diaryl/α,β-unsaturated/α-hetero) is 1. The maximum absolute atomic E-state index is 12.6. The average Bonchev–Trinajstić information content (AvgIpc) is 2.81. The first-order valence-electron chi connectivity index (χ1n) is 6.63. The number of hydrogen-bond acceptors (Lipinski definition) is 4. The van der Waals surface area contributed by atoms with E-state index in [0.717, 1.165) is 16.0 Å². The predicted molar refractivity (Wildman–Crippen MR) is 84.2 cm³/mol. The highest BCUT2D eigenvalue weighted by atomic mass is 32.1. The summed E-state index contributed by atoms with van der Waals surface area (Å²) >= 11 is 1.44. The zero-order valence-corrected chi connectivity index (χ0v) is 13.4. The smallest absolute Gasteiger partial charge is 0.194 e. The number of carbonyl (C=O) groups excluding carboxylic acids is 1. The number of rotatable bonds is 4. The van der Waals surface area contributed by atoms with Gasteiger partial charge < -0.3 is 4.74 Å². The van der Waals surface area contributed by atoms with Crippen molar-refractivity contribution in [1.29, 1.82) is 5.26 Å². The summed E-state index contributed by atoms with van der Waals surface area (Å²) in [4.78, 5) is 14.3. The summed E-state index contributed by atoms with van der Waals surface area (Å²) in [6.45, 7) is 5.88. The molecule has 0 radical (unpaired) electrons. The van der Waals surface area contributed by atoms with Crippen molar-refractivity contribution < 1.29 is 9.53 Å². The Kier molecular flexibility index (Phi) is 4.44. The molecule has 4 heteroatoms. The third kappa shape index (κ3) is 2.98. The van der Waals surface area contributed by atoms with E-state index in [9.17, 15) is 10.1 Å². The van der Waals surface area contributed by atoms with Gasteiger partial charge in [-0.05, 0) is 49.6 Å². The number of ketones is 1. The molecule has 1 aromatic carbocycles. The largest absolute Gasteiger partial charge is 0.496 e. The van der Waals surface area contributed by atoms with Crippen LogP contribution in [0.15, 0.2) is 24.3 Å². The zero-order valence-electron chi connectivity index (χ0n) is 12.6. The van der Waals surface area contributed by atoms with E-state index in [0.29, 0.717) is 16.2 Å². The monoisotopic (exact) mass is 299 g/mol. The summed E-state index contributed by atoms with van der Waals surface area (Å²) in [6, 6.07) is 9.44. The van der Waals surface area contributed by atoms with Gasteiger partial charge in [0.05, 0.1) is 18.1 Å². The molecule has 0 aliphatic rings. The molecule has 1 heterocycles. The average molecular weight is 299 g/mol. The van der Waals surface area contributed by atoms with Crippen LogP contribution in [0.4, 0.5) is 0 Å². The number of nitrogens with zero attached hydrogens (tertiary/aromatic N) is 1. The number of aryl methyl sites for hydroxylation is 3. The van der Waals surface area contributed by atoms with Crippen molar-refractivity contribution in [2.24, 2.45) is 0 Å². The van der Waals surface area contributed by atoms with E-state index in [2.05, 4.69) is 6.07 Å². The third-order valence-corrected chi connectivity index (χ3v) is 4.73. The number of methoxy groups -OCH3 is 1. The quantitative estimate of drug-likeness (QED) is 0.796. The second-order valence-electron chi connectivity index (χ2n) is 5.01. The van der Waals surface area contributed by atoms with Crippen molar-refractivity contribution in [2.75, 3.05) is 7.11 Å². The summed E-state index contributed by atoms with van der Waals surface area (Å²) in [5, 5.41) is 9.41. The lowest BCUT2D eigenvalue weighted by atomic mass is 9.94. The van der Waals surface area contributed by atoms with E-state index >= 15 is 0 Å². The van der Waals surface area contributed by atoms with Crippen LogP contribution in [0.25, 0.3) is 0 Å². The molecular weight excluding hydrogens is 282 g/mol. The molecule has 0 N–H and O–H groups in total. The molecule has 1 unspecified atom stereocenters. The number of thiophene rings is 1. The van der Waals surface area contributed by atoms with Crippen LogP contribution in [0.3, 0.4) is 0 Å². The SMILES string of the molecule is COc1cc(C(C#N)C(=O)c2cc(C)c(C)s2)ccc1C. The van der Waals surface area contributed by atoms with Crippen molar-refractivity contribution in [2.45, 2.75) is 26.7 Å². The molecule has 1 atom stereocenters. The maximum Gasteiger partial charge on any atom is 0.194 e. The first-order valence-corrected chi connectivity index (χ1v) is 7.45. The van der Waals surface area contributed by atoms with Gasteiger partial charge in [0.25, 0.3) is 0 Å². The Balaban J connectivity index is 2.40. The molecule has 0 bridgehead atoms. The van der Waals surface area contributed by atoms with Crippen LogP contribution < -0.4 is 4.74 Å². The number of nitriles is 1. The molecule has 0 fully saturated rings. The lowest BCUT2D eigenvalue weighted by Crippen LogP contribution is -2.10. The van der Waals surface area contributed by atoms with E-state index in [1.165, 1.54) is 11.3 Å².